The van der Waals surface area contributed by atoms with Gasteiger partial charge in [0.05, 0.1) is 12.1 Å². The Labute approximate surface area is 302 Å². The van der Waals surface area contributed by atoms with Gasteiger partial charge < -0.3 is 5.32 Å². The van der Waals surface area contributed by atoms with Crippen LogP contribution in [0.5, 0.6) is 0 Å². The van der Waals surface area contributed by atoms with Gasteiger partial charge in [-0.05, 0) is 86.3 Å². The lowest BCUT2D eigenvalue weighted by molar-refractivity contribution is 0.0558. The van der Waals surface area contributed by atoms with Crippen molar-refractivity contribution in [1.82, 2.24) is 10.2 Å². The second kappa shape index (κ2) is 13.6. The summed E-state index contributed by atoms with van der Waals surface area (Å²) in [6.07, 6.45) is 0. The maximum atomic E-state index is 15.0. The molecule has 2 atom stereocenters. The largest absolute Gasteiger partial charge is 0.345 e. The van der Waals surface area contributed by atoms with Crippen molar-refractivity contribution >= 4 is 60.8 Å². The number of imide groups is 1. The Morgan fingerprint density at radius 1 is 0.423 bits per heavy atom. The van der Waals surface area contributed by atoms with Crippen LogP contribution in [-0.4, -0.2) is 22.6 Å². The van der Waals surface area contributed by atoms with Crippen LogP contribution in [0, 0.1) is 0 Å². The first-order chi connectivity index (χ1) is 25.4. The van der Waals surface area contributed by atoms with Gasteiger partial charge >= 0.3 is 0 Å². The number of carbonyl (C=O) groups excluding carboxylic acids is 3. The molecule has 0 heterocycles. The minimum absolute atomic E-state index is 0.247. The van der Waals surface area contributed by atoms with Gasteiger partial charge in [0, 0.05) is 16.7 Å². The second-order valence-electron chi connectivity index (χ2n) is 13.2. The number of carbonyl (C=O) groups is 3. The van der Waals surface area contributed by atoms with E-state index in [4.69, 9.17) is 0 Å². The SMILES string of the molecule is C[C@H](NC(=O)c1ccc(C(=O)N(C(=O)c2cccc3ccccc23)[C@@H](C)c2cccc3ccccc23)c2ccccc12)c1cccc2ccccc12. The third-order valence-electron chi connectivity index (χ3n) is 10.2. The highest BCUT2D eigenvalue weighted by Gasteiger charge is 2.33. The smallest absolute Gasteiger partial charge is 0.261 e. The molecule has 0 spiro atoms. The molecule has 0 radical (unpaired) electrons. The van der Waals surface area contributed by atoms with Gasteiger partial charge in [0.15, 0.2) is 0 Å². The van der Waals surface area contributed by atoms with Crippen LogP contribution >= 0.6 is 0 Å². The highest BCUT2D eigenvalue weighted by atomic mass is 16.2. The summed E-state index contributed by atoms with van der Waals surface area (Å²) in [5.74, 6) is -1.08. The third kappa shape index (κ3) is 5.76. The maximum Gasteiger partial charge on any atom is 0.261 e. The molecule has 0 saturated carbocycles. The van der Waals surface area contributed by atoms with Crippen LogP contribution in [0.15, 0.2) is 164 Å². The molecule has 252 valence electrons. The van der Waals surface area contributed by atoms with Crippen LogP contribution in [0.25, 0.3) is 43.1 Å². The molecule has 1 N–H and O–H groups in total. The van der Waals surface area contributed by atoms with Crippen molar-refractivity contribution in [2.75, 3.05) is 0 Å². The quantitative estimate of drug-likeness (QED) is 0.171. The number of hydrogen-bond acceptors (Lipinski definition) is 3. The number of benzene rings is 8. The van der Waals surface area contributed by atoms with E-state index in [-0.39, 0.29) is 11.9 Å². The van der Waals surface area contributed by atoms with E-state index in [0.717, 1.165) is 43.4 Å². The molecule has 52 heavy (non-hydrogen) atoms. The summed E-state index contributed by atoms with van der Waals surface area (Å²) in [6.45, 7) is 3.88. The number of hydrogen-bond donors (Lipinski definition) is 1. The molecule has 8 aromatic carbocycles. The Morgan fingerprint density at radius 2 is 0.827 bits per heavy atom. The highest BCUT2D eigenvalue weighted by molar-refractivity contribution is 6.20. The second-order valence-corrected chi connectivity index (χ2v) is 13.2. The number of nitrogens with zero attached hydrogens (tertiary/aromatic N) is 1. The van der Waals surface area contributed by atoms with E-state index in [1.165, 1.54) is 4.90 Å². The van der Waals surface area contributed by atoms with E-state index in [0.29, 0.717) is 27.5 Å². The van der Waals surface area contributed by atoms with Gasteiger partial charge in [-0.3, -0.25) is 19.3 Å². The summed E-state index contributed by atoms with van der Waals surface area (Å²) in [4.78, 5) is 45.2. The van der Waals surface area contributed by atoms with Gasteiger partial charge in [-0.25, -0.2) is 0 Å². The molecule has 0 saturated heterocycles. The molecular weight excluding hydrogens is 641 g/mol. The van der Waals surface area contributed by atoms with Crippen LogP contribution in [0.1, 0.15) is 68.1 Å². The lowest BCUT2D eigenvalue weighted by atomic mass is 9.94. The summed E-state index contributed by atoms with van der Waals surface area (Å²) >= 11 is 0. The lowest BCUT2D eigenvalue weighted by Gasteiger charge is -2.30. The van der Waals surface area contributed by atoms with Crippen molar-refractivity contribution in [3.63, 3.8) is 0 Å². The van der Waals surface area contributed by atoms with Crippen molar-refractivity contribution < 1.29 is 14.4 Å². The third-order valence-corrected chi connectivity index (χ3v) is 10.2. The first kappa shape index (κ1) is 32.6. The first-order valence-corrected chi connectivity index (χ1v) is 17.5. The molecule has 0 aliphatic rings. The minimum Gasteiger partial charge on any atom is -0.345 e. The lowest BCUT2D eigenvalue weighted by Crippen LogP contribution is -2.39. The topological polar surface area (TPSA) is 66.5 Å². The minimum atomic E-state index is -0.617. The van der Waals surface area contributed by atoms with Crippen LogP contribution in [-0.2, 0) is 0 Å². The molecule has 0 aromatic heterocycles. The summed E-state index contributed by atoms with van der Waals surface area (Å²) in [5, 5.41) is 10.3. The zero-order valence-corrected chi connectivity index (χ0v) is 28.9. The predicted octanol–water partition coefficient (Wildman–Crippen LogP) is 10.8. The zero-order valence-electron chi connectivity index (χ0n) is 28.9. The fraction of sp³-hybridized carbons (Fsp3) is 0.0851. The van der Waals surface area contributed by atoms with E-state index in [1.54, 1.807) is 18.2 Å². The Balaban J connectivity index is 1.21. The molecule has 8 rings (SSSR count). The monoisotopic (exact) mass is 676 g/mol. The molecule has 0 bridgehead atoms. The van der Waals surface area contributed by atoms with Crippen molar-refractivity contribution in [2.24, 2.45) is 0 Å². The average molecular weight is 677 g/mol. The Hall–Kier alpha value is -6.59. The molecule has 8 aromatic rings. The molecule has 5 heteroatoms. The van der Waals surface area contributed by atoms with E-state index in [1.807, 2.05) is 141 Å². The Bertz CT molecular complexity index is 2660. The highest BCUT2D eigenvalue weighted by Crippen LogP contribution is 2.34. The first-order valence-electron chi connectivity index (χ1n) is 17.5. The number of fused-ring (bicyclic) bond motifs is 4. The summed E-state index contributed by atoms with van der Waals surface area (Å²) in [5.41, 5.74) is 3.12. The molecule has 5 nitrogen and oxygen atoms in total. The van der Waals surface area contributed by atoms with E-state index < -0.39 is 17.9 Å². The zero-order chi connectivity index (χ0) is 35.8. The molecule has 0 unspecified atom stereocenters. The van der Waals surface area contributed by atoms with Crippen molar-refractivity contribution in [1.29, 1.82) is 0 Å². The summed E-state index contributed by atoms with van der Waals surface area (Å²) in [7, 11) is 0. The fourth-order valence-electron chi connectivity index (χ4n) is 7.53. The van der Waals surface area contributed by atoms with Gasteiger partial charge in [-0.2, -0.15) is 0 Å². The van der Waals surface area contributed by atoms with Crippen LogP contribution in [0.3, 0.4) is 0 Å². The normalized spacial score (nSPS) is 12.5. The van der Waals surface area contributed by atoms with Crippen LogP contribution < -0.4 is 5.32 Å². The fourth-order valence-corrected chi connectivity index (χ4v) is 7.53. The molecular formula is C47H36N2O3. The van der Waals surface area contributed by atoms with Crippen LogP contribution in [0.4, 0.5) is 0 Å². The van der Waals surface area contributed by atoms with E-state index in [9.17, 15) is 9.59 Å². The molecule has 0 aliphatic carbocycles. The number of nitrogens with one attached hydrogen (secondary N) is 1. The standard InChI is InChI=1S/C47H36N2O3/c1-30(35-25-11-17-32-14-3-6-20-37(32)35)48-45(50)42-28-29-44(41-24-10-9-23-40(41)42)47(52)49(31(2)36-26-12-18-33-15-4-7-21-38(33)36)46(51)43-27-13-19-34-16-5-8-22-39(34)43/h3-31H,1-2H3,(H,48,50)/t30-,31-/m0/s1. The number of rotatable bonds is 7. The van der Waals surface area contributed by atoms with Gasteiger partial charge in [-0.1, -0.05) is 146 Å². The van der Waals surface area contributed by atoms with Crippen molar-refractivity contribution in [3.05, 3.63) is 192 Å². The molecule has 0 fully saturated rings. The van der Waals surface area contributed by atoms with Crippen LogP contribution in [0.2, 0.25) is 0 Å². The average Bonchev–Trinajstić information content (AvgIpc) is 3.19. The Kier molecular flexibility index (Phi) is 8.53. The van der Waals surface area contributed by atoms with Crippen molar-refractivity contribution in [3.8, 4) is 0 Å². The molecule has 0 aliphatic heterocycles. The predicted molar refractivity (Wildman–Crippen MR) is 211 cm³/mol. The van der Waals surface area contributed by atoms with Gasteiger partial charge in [0.2, 0.25) is 0 Å². The number of amides is 3. The summed E-state index contributed by atoms with van der Waals surface area (Å²) < 4.78 is 0. The van der Waals surface area contributed by atoms with Gasteiger partial charge in [0.1, 0.15) is 0 Å². The summed E-state index contributed by atoms with van der Waals surface area (Å²) in [6, 6.07) is 51.4. The maximum absolute atomic E-state index is 15.0. The van der Waals surface area contributed by atoms with E-state index in [2.05, 4.69) is 23.5 Å². The molecule has 3 amide bonds. The van der Waals surface area contributed by atoms with E-state index >= 15 is 4.79 Å². The van der Waals surface area contributed by atoms with Gasteiger partial charge in [0.25, 0.3) is 17.7 Å². The van der Waals surface area contributed by atoms with Crippen molar-refractivity contribution in [2.45, 2.75) is 25.9 Å². The van der Waals surface area contributed by atoms with Gasteiger partial charge in [-0.15, -0.1) is 0 Å². The Morgan fingerprint density at radius 3 is 1.44 bits per heavy atom.